The Labute approximate surface area is 428 Å². The summed E-state index contributed by atoms with van der Waals surface area (Å²) in [6, 6.07) is 12.6. The Balaban J connectivity index is 0.000000225. The summed E-state index contributed by atoms with van der Waals surface area (Å²) >= 11 is 0. The zero-order chi connectivity index (χ0) is 52.7. The number of carbonyl (C=O) groups excluding carboxylic acids is 2. The molecule has 0 bridgehead atoms. The first kappa shape index (κ1) is 55.1. The van der Waals surface area contributed by atoms with Crippen molar-refractivity contribution in [1.82, 2.24) is 29.5 Å². The van der Waals surface area contributed by atoms with E-state index in [1.165, 1.54) is 0 Å². The molecule has 17 nitrogen and oxygen atoms in total. The van der Waals surface area contributed by atoms with E-state index in [1.54, 1.807) is 6.92 Å². The van der Waals surface area contributed by atoms with Crippen molar-refractivity contribution in [3.8, 4) is 5.75 Å². The number of anilines is 5. The average molecular weight is 1030 g/mol. The number of pyridine rings is 2. The molecule has 21 heteroatoms. The highest BCUT2D eigenvalue weighted by atomic mass is 19.2. The number of hydrogen-bond donors (Lipinski definition) is 3. The predicted molar refractivity (Wildman–Crippen MR) is 283 cm³/mol. The second-order valence-electron chi connectivity index (χ2n) is 18.5. The number of rotatable bonds is 22. The van der Waals surface area contributed by atoms with E-state index in [0.29, 0.717) is 50.1 Å². The summed E-state index contributed by atoms with van der Waals surface area (Å²) in [6.07, 6.45) is 8.32. The minimum Gasteiger partial charge on any atom is -0.420 e. The fourth-order valence-corrected chi connectivity index (χ4v) is 8.74. The van der Waals surface area contributed by atoms with Crippen molar-refractivity contribution in [2.75, 3.05) is 125 Å². The number of esters is 1. The van der Waals surface area contributed by atoms with Crippen LogP contribution < -0.4 is 31.7 Å². The summed E-state index contributed by atoms with van der Waals surface area (Å²) in [4.78, 5) is 45.8. The first-order chi connectivity index (χ1) is 35.7. The minimum absolute atomic E-state index is 0.0440. The molecule has 0 spiro atoms. The minimum atomic E-state index is -1.77. The highest BCUT2D eigenvalue weighted by Crippen LogP contribution is 2.32. The highest BCUT2D eigenvalue weighted by molar-refractivity contribution is 6.09. The van der Waals surface area contributed by atoms with Crippen LogP contribution in [-0.4, -0.2) is 146 Å². The van der Waals surface area contributed by atoms with Gasteiger partial charge in [-0.1, -0.05) is 38.8 Å². The van der Waals surface area contributed by atoms with Crippen LogP contribution in [0.2, 0.25) is 0 Å². The number of nitrogens with zero attached hydrogens (tertiary/aromatic N) is 9. The highest BCUT2D eigenvalue weighted by Gasteiger charge is 2.24. The van der Waals surface area contributed by atoms with Crippen LogP contribution in [0.4, 0.5) is 46.3 Å². The number of aromatic nitrogens is 4. The lowest BCUT2D eigenvalue weighted by Gasteiger charge is -2.36. The number of unbranched alkanes of at least 4 members (excludes halogenated alkanes) is 2. The third-order valence-corrected chi connectivity index (χ3v) is 13.1. The molecule has 2 fully saturated rings. The Bertz CT molecular complexity index is 2880. The first-order valence-corrected chi connectivity index (χ1v) is 25.4. The van der Waals surface area contributed by atoms with E-state index in [-0.39, 0.29) is 24.9 Å². The molecule has 2 aliphatic heterocycles. The molecule has 2 saturated heterocycles. The molecule has 0 unspecified atom stereocenters. The number of ketones is 1. The zero-order valence-corrected chi connectivity index (χ0v) is 42.6. The van der Waals surface area contributed by atoms with Gasteiger partial charge in [-0.25, -0.2) is 18.7 Å². The van der Waals surface area contributed by atoms with E-state index in [4.69, 9.17) is 26.7 Å². The van der Waals surface area contributed by atoms with Gasteiger partial charge in [-0.3, -0.25) is 29.1 Å². The summed E-state index contributed by atoms with van der Waals surface area (Å²) in [6.45, 7) is 17.5. The number of benzene rings is 3. The van der Waals surface area contributed by atoms with Gasteiger partial charge in [0, 0.05) is 137 Å². The molecule has 2 aliphatic rings. The number of fused-ring (bicyclic) bond motifs is 4. The normalized spacial score (nSPS) is 14.6. The van der Waals surface area contributed by atoms with Gasteiger partial charge in [-0.2, -0.15) is 13.9 Å². The van der Waals surface area contributed by atoms with E-state index < -0.39 is 35.0 Å². The van der Waals surface area contributed by atoms with Gasteiger partial charge >= 0.3 is 5.97 Å². The van der Waals surface area contributed by atoms with Crippen LogP contribution >= 0.6 is 0 Å². The molecule has 3 aromatic heterocycles. The fourth-order valence-electron chi connectivity index (χ4n) is 8.74. The number of Topliss-reactive ketones (excluding diaryl/α,β-unsaturated/α-hetero) is 1. The van der Waals surface area contributed by atoms with Crippen molar-refractivity contribution in [3.05, 3.63) is 77.5 Å². The van der Waals surface area contributed by atoms with E-state index >= 15 is 0 Å². The smallest absolute Gasteiger partial charge is 0.313 e. The van der Waals surface area contributed by atoms with Gasteiger partial charge in [-0.05, 0) is 44.0 Å². The molecule has 0 radical (unpaired) electrons. The van der Waals surface area contributed by atoms with Gasteiger partial charge in [0.1, 0.15) is 17.1 Å². The van der Waals surface area contributed by atoms with E-state index in [0.717, 1.165) is 147 Å². The Kier molecular flexibility index (Phi) is 19.7. The van der Waals surface area contributed by atoms with Crippen LogP contribution in [0.3, 0.4) is 0 Å². The van der Waals surface area contributed by atoms with Crippen molar-refractivity contribution in [3.63, 3.8) is 0 Å². The molecule has 3 aromatic carbocycles. The van der Waals surface area contributed by atoms with Gasteiger partial charge in [0.2, 0.25) is 17.4 Å². The van der Waals surface area contributed by atoms with Crippen molar-refractivity contribution in [1.29, 1.82) is 0 Å². The maximum atomic E-state index is 13.7. The zero-order valence-electron chi connectivity index (χ0n) is 42.6. The standard InChI is InChI=1S/C29H32F4N6O3.C24H36N6O2/c1-2-3-7-39-17-20-19-5-4-18(15-23(19)35-29(34)27(20)36-39)38-10-8-37(9-11-38)12-14-41-13-6-24(40)42-28-25(32)21(30)16-22(31)26(28)33;1-3-4-8-27-17-21-20-6-5-19(16-22(20)28-24(26)23(21)25)30-11-9-29(10-12-30)13-15-32-14-7-18(2)31/h4-5,15-17H,2-3,6-14H2,1H3,(H2,34,35);5-6,16-17H,3-4,7-15,25H2,1-2H3,(H2,26,28). The molecular weight excluding hydrogens is 961 g/mol. The van der Waals surface area contributed by atoms with Gasteiger partial charge in [-0.15, -0.1) is 0 Å². The molecule has 398 valence electrons. The number of piperazine rings is 2. The van der Waals surface area contributed by atoms with Crippen LogP contribution in [-0.2, 0) is 25.6 Å². The number of nitrogen functional groups attached to an aromatic ring is 3. The lowest BCUT2D eigenvalue weighted by molar-refractivity contribution is -0.136. The fraction of sp³-hybridized carbons (Fsp3) is 0.472. The monoisotopic (exact) mass is 1030 g/mol. The summed E-state index contributed by atoms with van der Waals surface area (Å²) in [7, 11) is 0. The molecule has 0 amide bonds. The number of nitrogens with two attached hydrogens (primary N) is 3. The quantitative estimate of drug-likeness (QED) is 0.0151. The van der Waals surface area contributed by atoms with Crippen LogP contribution in [0, 0.1) is 23.3 Å². The van der Waals surface area contributed by atoms with Gasteiger partial charge in [0.15, 0.2) is 17.5 Å². The third kappa shape index (κ3) is 14.3. The number of carbonyl (C=O) groups is 2. The van der Waals surface area contributed by atoms with E-state index in [1.807, 2.05) is 17.1 Å². The molecule has 0 atom stereocenters. The Morgan fingerprint density at radius 3 is 1.81 bits per heavy atom. The molecule has 74 heavy (non-hydrogen) atoms. The molecule has 0 saturated carbocycles. The van der Waals surface area contributed by atoms with Crippen LogP contribution in [0.15, 0.2) is 53.7 Å². The third-order valence-electron chi connectivity index (χ3n) is 13.1. The lowest BCUT2D eigenvalue weighted by atomic mass is 10.1. The average Bonchev–Trinajstić information content (AvgIpc) is 3.84. The number of hydrogen-bond acceptors (Lipinski definition) is 16. The molecule has 5 heterocycles. The predicted octanol–water partition coefficient (Wildman–Crippen LogP) is 7.39. The van der Waals surface area contributed by atoms with Gasteiger partial charge in [0.05, 0.1) is 49.6 Å². The number of ether oxygens (including phenoxy) is 3. The maximum Gasteiger partial charge on any atom is 0.313 e. The van der Waals surface area contributed by atoms with Gasteiger partial charge in [0.25, 0.3) is 0 Å². The van der Waals surface area contributed by atoms with Crippen LogP contribution in [0.1, 0.15) is 64.9 Å². The van der Waals surface area contributed by atoms with Crippen LogP contribution in [0.25, 0.3) is 32.7 Å². The molecular formula is C53H68F4N12O5. The number of aryl methyl sites for hydroxylation is 1. The Morgan fingerprint density at radius 2 is 1.23 bits per heavy atom. The summed E-state index contributed by atoms with van der Waals surface area (Å²) in [5.74, 6) is -8.35. The molecule has 0 aliphatic carbocycles. The summed E-state index contributed by atoms with van der Waals surface area (Å²) in [5, 5.41) is 7.61. The summed E-state index contributed by atoms with van der Waals surface area (Å²) < 4.78 is 71.3. The van der Waals surface area contributed by atoms with Crippen molar-refractivity contribution >= 4 is 79.4 Å². The van der Waals surface area contributed by atoms with Crippen molar-refractivity contribution in [2.45, 2.75) is 65.8 Å². The summed E-state index contributed by atoms with van der Waals surface area (Å²) in [5.41, 5.74) is 24.5. The second-order valence-corrected chi connectivity index (χ2v) is 18.5. The molecule has 6 N–H and O–H groups in total. The number of aliphatic imine (C=N–C) groups is 1. The first-order valence-electron chi connectivity index (χ1n) is 25.4. The Hall–Kier alpha value is -6.68. The second kappa shape index (κ2) is 26.5. The van der Waals surface area contributed by atoms with E-state index in [2.05, 4.69) is 94.6 Å². The maximum absolute atomic E-state index is 13.7. The van der Waals surface area contributed by atoms with Gasteiger partial charge < -0.3 is 41.2 Å². The largest absolute Gasteiger partial charge is 0.420 e. The van der Waals surface area contributed by atoms with Crippen molar-refractivity contribution < 1.29 is 41.4 Å². The molecule has 8 rings (SSSR count). The SMILES string of the molecule is CCCCN=Cc1c(N)c(N)nc2cc(N3CCN(CCOCCC(C)=O)CC3)ccc12.CCCCn1cc2c(n1)c(N)nc1cc(N3CCN(CCOCCC(=O)Oc4c(F)c(F)cc(F)c4F)CC3)ccc12. The number of halogens is 4. The van der Waals surface area contributed by atoms with E-state index in [9.17, 15) is 27.2 Å². The molecule has 6 aromatic rings. The van der Waals surface area contributed by atoms with Crippen molar-refractivity contribution in [2.24, 2.45) is 4.99 Å². The lowest BCUT2D eigenvalue weighted by Crippen LogP contribution is -2.47. The Morgan fingerprint density at radius 1 is 0.676 bits per heavy atom. The van der Waals surface area contributed by atoms with Crippen LogP contribution in [0.5, 0.6) is 5.75 Å². The topological polar surface area (TPSA) is 209 Å².